The molecule has 3 rings (SSSR count). The van der Waals surface area contributed by atoms with Crippen LogP contribution in [0.3, 0.4) is 0 Å². The molecule has 2 atom stereocenters. The zero-order chi connectivity index (χ0) is 17.5. The monoisotopic (exact) mass is 336 g/mol. The lowest BCUT2D eigenvalue weighted by molar-refractivity contribution is -0.315. The van der Waals surface area contributed by atoms with Gasteiger partial charge in [0.2, 0.25) is 0 Å². The number of rotatable bonds is 3. The minimum Gasteiger partial charge on any atom is -0.295 e. The summed E-state index contributed by atoms with van der Waals surface area (Å²) in [6.07, 6.45) is 12.2. The van der Waals surface area contributed by atoms with Crippen molar-refractivity contribution in [3.05, 3.63) is 0 Å². The summed E-state index contributed by atoms with van der Waals surface area (Å²) in [6, 6.07) is 2.17. The van der Waals surface area contributed by atoms with E-state index >= 15 is 0 Å². The van der Waals surface area contributed by atoms with Crippen molar-refractivity contribution in [2.75, 3.05) is 0 Å². The Morgan fingerprint density at radius 1 is 0.750 bits per heavy atom. The van der Waals surface area contributed by atoms with E-state index in [1.54, 1.807) is 0 Å². The molecule has 3 heteroatoms. The molecule has 1 aliphatic carbocycles. The fourth-order valence-corrected chi connectivity index (χ4v) is 5.96. The number of hydrogen-bond donors (Lipinski definition) is 0. The Kier molecular flexibility index (Phi) is 5.36. The van der Waals surface area contributed by atoms with E-state index in [0.29, 0.717) is 12.1 Å². The van der Waals surface area contributed by atoms with E-state index in [2.05, 4.69) is 51.5 Å². The minimum absolute atomic E-state index is 0.103. The first-order valence-electron chi connectivity index (χ1n) is 10.5. The van der Waals surface area contributed by atoms with Crippen molar-refractivity contribution in [2.45, 2.75) is 135 Å². The van der Waals surface area contributed by atoms with Gasteiger partial charge in [-0.05, 0) is 80.1 Å². The van der Waals surface area contributed by atoms with Crippen LogP contribution < -0.4 is 0 Å². The standard InChI is InChI=1S/C21H40N2O/c1-16-12-13-17(2)22(16)18-14-20(3,4)23(21(5,6)15-18)24-19-10-8-7-9-11-19/h16-19H,7-15H2,1-6H3. The van der Waals surface area contributed by atoms with Gasteiger partial charge in [-0.15, -0.1) is 0 Å². The van der Waals surface area contributed by atoms with Gasteiger partial charge in [-0.25, -0.2) is 0 Å². The molecule has 0 aromatic carbocycles. The van der Waals surface area contributed by atoms with Gasteiger partial charge in [-0.2, -0.15) is 5.06 Å². The van der Waals surface area contributed by atoms with Crippen LogP contribution in [0.2, 0.25) is 0 Å². The van der Waals surface area contributed by atoms with Crippen LogP contribution in [-0.4, -0.2) is 45.3 Å². The molecule has 140 valence electrons. The molecular weight excluding hydrogens is 296 g/mol. The highest BCUT2D eigenvalue weighted by atomic mass is 16.7. The Bertz CT molecular complexity index is 400. The fourth-order valence-electron chi connectivity index (χ4n) is 5.96. The molecule has 3 aliphatic rings. The largest absolute Gasteiger partial charge is 0.295 e. The van der Waals surface area contributed by atoms with Crippen molar-refractivity contribution in [3.63, 3.8) is 0 Å². The Balaban J connectivity index is 1.74. The molecule has 2 saturated heterocycles. The zero-order valence-corrected chi connectivity index (χ0v) is 17.0. The molecule has 24 heavy (non-hydrogen) atoms. The summed E-state index contributed by atoms with van der Waals surface area (Å²) >= 11 is 0. The van der Waals surface area contributed by atoms with Crippen LogP contribution in [0, 0.1) is 0 Å². The van der Waals surface area contributed by atoms with Gasteiger partial charge in [-0.3, -0.25) is 9.74 Å². The molecule has 0 amide bonds. The van der Waals surface area contributed by atoms with E-state index in [4.69, 9.17) is 4.84 Å². The van der Waals surface area contributed by atoms with Crippen molar-refractivity contribution >= 4 is 0 Å². The van der Waals surface area contributed by atoms with Crippen LogP contribution in [0.15, 0.2) is 0 Å². The van der Waals surface area contributed by atoms with Crippen LogP contribution >= 0.6 is 0 Å². The molecular formula is C21H40N2O. The number of nitrogens with zero attached hydrogens (tertiary/aromatic N) is 2. The quantitative estimate of drug-likeness (QED) is 0.709. The summed E-state index contributed by atoms with van der Waals surface area (Å²) in [6.45, 7) is 14.4. The van der Waals surface area contributed by atoms with Gasteiger partial charge in [-0.1, -0.05) is 19.3 Å². The molecule has 0 spiro atoms. The van der Waals surface area contributed by atoms with Gasteiger partial charge in [0.25, 0.3) is 0 Å². The predicted molar refractivity (Wildman–Crippen MR) is 101 cm³/mol. The maximum Gasteiger partial charge on any atom is 0.0793 e. The van der Waals surface area contributed by atoms with Crippen molar-refractivity contribution in [1.82, 2.24) is 9.96 Å². The smallest absolute Gasteiger partial charge is 0.0793 e. The zero-order valence-electron chi connectivity index (χ0n) is 17.0. The van der Waals surface area contributed by atoms with Gasteiger partial charge in [0.05, 0.1) is 6.10 Å². The molecule has 1 saturated carbocycles. The third-order valence-corrected chi connectivity index (χ3v) is 6.82. The second-order valence-corrected chi connectivity index (χ2v) is 10.1. The first kappa shape index (κ1) is 18.7. The first-order chi connectivity index (χ1) is 11.2. The molecule has 2 aliphatic heterocycles. The minimum atomic E-state index is 0.103. The molecule has 0 aromatic heterocycles. The first-order valence-corrected chi connectivity index (χ1v) is 10.5. The molecule has 0 bridgehead atoms. The normalized spacial score (nSPS) is 36.2. The Morgan fingerprint density at radius 2 is 1.25 bits per heavy atom. The number of hydrogen-bond acceptors (Lipinski definition) is 3. The van der Waals surface area contributed by atoms with E-state index in [-0.39, 0.29) is 11.1 Å². The summed E-state index contributed by atoms with van der Waals surface area (Å²) in [5, 5.41) is 2.40. The SMILES string of the molecule is CC1CCC(C)N1C1CC(C)(C)N(OC2CCCCC2)C(C)(C)C1. The van der Waals surface area contributed by atoms with Crippen molar-refractivity contribution < 1.29 is 4.84 Å². The average Bonchev–Trinajstić information content (AvgIpc) is 2.82. The lowest BCUT2D eigenvalue weighted by Crippen LogP contribution is -2.65. The summed E-state index contributed by atoms with van der Waals surface area (Å²) < 4.78 is 0. The molecule has 0 aromatic rings. The number of likely N-dealkylation sites (tertiary alicyclic amines) is 1. The lowest BCUT2D eigenvalue weighted by atomic mass is 9.78. The number of piperidine rings is 1. The Labute approximate surface area is 150 Å². The predicted octanol–water partition coefficient (Wildman–Crippen LogP) is 5.15. The van der Waals surface area contributed by atoms with Gasteiger partial charge in [0, 0.05) is 29.2 Å². The molecule has 2 heterocycles. The summed E-state index contributed by atoms with van der Waals surface area (Å²) in [4.78, 5) is 9.46. The highest BCUT2D eigenvalue weighted by Gasteiger charge is 2.50. The molecule has 0 N–H and O–H groups in total. The molecule has 3 nitrogen and oxygen atoms in total. The topological polar surface area (TPSA) is 15.7 Å². The highest BCUT2D eigenvalue weighted by molar-refractivity contribution is 5.02. The lowest BCUT2D eigenvalue weighted by Gasteiger charge is -2.57. The van der Waals surface area contributed by atoms with Gasteiger partial charge in [0.1, 0.15) is 0 Å². The summed E-state index contributed by atoms with van der Waals surface area (Å²) in [5.41, 5.74) is 0.206. The van der Waals surface area contributed by atoms with Crippen LogP contribution in [0.4, 0.5) is 0 Å². The molecule has 2 unspecified atom stereocenters. The molecule has 3 fully saturated rings. The summed E-state index contributed by atoms with van der Waals surface area (Å²) in [5.74, 6) is 0. The Hall–Kier alpha value is -0.120. The average molecular weight is 337 g/mol. The third kappa shape index (κ3) is 3.68. The second kappa shape index (κ2) is 6.89. The van der Waals surface area contributed by atoms with Gasteiger partial charge in [0.15, 0.2) is 0 Å². The van der Waals surface area contributed by atoms with E-state index in [0.717, 1.165) is 12.1 Å². The van der Waals surface area contributed by atoms with E-state index in [1.807, 2.05) is 0 Å². The van der Waals surface area contributed by atoms with Crippen LogP contribution in [0.5, 0.6) is 0 Å². The third-order valence-electron chi connectivity index (χ3n) is 6.82. The van der Waals surface area contributed by atoms with E-state index in [9.17, 15) is 0 Å². The van der Waals surface area contributed by atoms with Crippen molar-refractivity contribution in [3.8, 4) is 0 Å². The van der Waals surface area contributed by atoms with Crippen LogP contribution in [0.1, 0.15) is 99.3 Å². The van der Waals surface area contributed by atoms with Crippen molar-refractivity contribution in [2.24, 2.45) is 0 Å². The van der Waals surface area contributed by atoms with Gasteiger partial charge >= 0.3 is 0 Å². The van der Waals surface area contributed by atoms with Gasteiger partial charge < -0.3 is 0 Å². The number of hydroxylamine groups is 2. The molecule has 0 radical (unpaired) electrons. The fraction of sp³-hybridized carbons (Fsp3) is 1.00. The summed E-state index contributed by atoms with van der Waals surface area (Å²) in [7, 11) is 0. The van der Waals surface area contributed by atoms with Crippen molar-refractivity contribution in [1.29, 1.82) is 0 Å². The van der Waals surface area contributed by atoms with E-state index in [1.165, 1.54) is 57.8 Å². The van der Waals surface area contributed by atoms with E-state index < -0.39 is 0 Å². The maximum absolute atomic E-state index is 6.64. The highest BCUT2D eigenvalue weighted by Crippen LogP contribution is 2.44. The van der Waals surface area contributed by atoms with Crippen LogP contribution in [-0.2, 0) is 4.84 Å². The Morgan fingerprint density at radius 3 is 1.75 bits per heavy atom. The second-order valence-electron chi connectivity index (χ2n) is 10.1. The van der Waals surface area contributed by atoms with Crippen LogP contribution in [0.25, 0.3) is 0 Å². The maximum atomic E-state index is 6.64.